The molecule has 0 unspecified atom stereocenters. The molecule has 0 radical (unpaired) electrons. The van der Waals surface area contributed by atoms with Gasteiger partial charge in [0.2, 0.25) is 0 Å². The van der Waals surface area contributed by atoms with Crippen LogP contribution in [0.3, 0.4) is 0 Å². The summed E-state index contributed by atoms with van der Waals surface area (Å²) in [6, 6.07) is 6.40. The maximum atomic E-state index is 6.02. The lowest BCUT2D eigenvalue weighted by Gasteiger charge is -2.21. The third-order valence-electron chi connectivity index (χ3n) is 3.01. The van der Waals surface area contributed by atoms with Crippen molar-refractivity contribution in [2.24, 2.45) is 0 Å². The van der Waals surface area contributed by atoms with Crippen molar-refractivity contribution < 1.29 is 0 Å². The van der Waals surface area contributed by atoms with Crippen LogP contribution in [0.2, 0.25) is 0 Å². The molecule has 0 spiro atoms. The van der Waals surface area contributed by atoms with Crippen LogP contribution in [0.5, 0.6) is 0 Å². The highest BCUT2D eigenvalue weighted by atomic mass is 32.2. The molecule has 1 aliphatic rings. The van der Waals surface area contributed by atoms with Gasteiger partial charge in [-0.2, -0.15) is 0 Å². The van der Waals surface area contributed by atoms with Crippen molar-refractivity contribution in [3.05, 3.63) is 23.8 Å². The van der Waals surface area contributed by atoms with Gasteiger partial charge in [-0.3, -0.25) is 0 Å². The first kappa shape index (κ1) is 10.9. The maximum Gasteiger partial charge on any atom is 0.0454 e. The SMILES string of the molecule is Cc1ccc(SC2CCCCC2)c(N)c1. The van der Waals surface area contributed by atoms with E-state index >= 15 is 0 Å². The number of hydrogen-bond acceptors (Lipinski definition) is 2. The van der Waals surface area contributed by atoms with Crippen molar-refractivity contribution in [3.8, 4) is 0 Å². The second-order valence-corrected chi connectivity index (χ2v) is 5.76. The molecule has 0 aliphatic heterocycles. The van der Waals surface area contributed by atoms with E-state index in [4.69, 9.17) is 5.73 Å². The van der Waals surface area contributed by atoms with Gasteiger partial charge in [-0.25, -0.2) is 0 Å². The predicted molar refractivity (Wildman–Crippen MR) is 68.3 cm³/mol. The fourth-order valence-electron chi connectivity index (χ4n) is 2.14. The molecule has 1 fully saturated rings. The quantitative estimate of drug-likeness (QED) is 0.764. The van der Waals surface area contributed by atoms with E-state index in [1.165, 1.54) is 42.6 Å². The van der Waals surface area contributed by atoms with E-state index in [0.29, 0.717) is 0 Å². The molecule has 1 aliphatic carbocycles. The Morgan fingerprint density at radius 1 is 1.20 bits per heavy atom. The smallest absolute Gasteiger partial charge is 0.0454 e. The van der Waals surface area contributed by atoms with Crippen LogP contribution in [-0.4, -0.2) is 5.25 Å². The van der Waals surface area contributed by atoms with Crippen LogP contribution in [0.25, 0.3) is 0 Å². The number of benzene rings is 1. The lowest BCUT2D eigenvalue weighted by atomic mass is 10.0. The summed E-state index contributed by atoms with van der Waals surface area (Å²) in [6.45, 7) is 2.09. The molecule has 0 atom stereocenters. The number of hydrogen-bond donors (Lipinski definition) is 1. The summed E-state index contributed by atoms with van der Waals surface area (Å²) in [6.07, 6.45) is 6.92. The van der Waals surface area contributed by atoms with Crippen LogP contribution in [0.4, 0.5) is 5.69 Å². The number of anilines is 1. The summed E-state index contributed by atoms with van der Waals surface area (Å²) in [4.78, 5) is 1.27. The molecule has 1 aromatic rings. The zero-order valence-electron chi connectivity index (χ0n) is 9.33. The second-order valence-electron chi connectivity index (χ2n) is 4.42. The van der Waals surface area contributed by atoms with Crippen LogP contribution in [0, 0.1) is 6.92 Å². The Morgan fingerprint density at radius 3 is 2.60 bits per heavy atom. The van der Waals surface area contributed by atoms with Gasteiger partial charge < -0.3 is 5.73 Å². The summed E-state index contributed by atoms with van der Waals surface area (Å²) in [5, 5.41) is 0.795. The van der Waals surface area contributed by atoms with Gasteiger partial charge in [0.15, 0.2) is 0 Å². The number of thioether (sulfide) groups is 1. The van der Waals surface area contributed by atoms with Gasteiger partial charge in [0, 0.05) is 15.8 Å². The van der Waals surface area contributed by atoms with E-state index in [9.17, 15) is 0 Å². The number of aryl methyl sites for hydroxylation is 1. The first-order valence-electron chi connectivity index (χ1n) is 5.78. The van der Waals surface area contributed by atoms with Gasteiger partial charge in [-0.1, -0.05) is 25.3 Å². The number of rotatable bonds is 2. The molecule has 0 amide bonds. The van der Waals surface area contributed by atoms with E-state index in [1.807, 2.05) is 11.8 Å². The molecule has 1 nitrogen and oxygen atoms in total. The van der Waals surface area contributed by atoms with Crippen LogP contribution in [0.15, 0.2) is 23.1 Å². The third kappa shape index (κ3) is 2.91. The largest absolute Gasteiger partial charge is 0.398 e. The van der Waals surface area contributed by atoms with Gasteiger partial charge in [0.25, 0.3) is 0 Å². The summed E-state index contributed by atoms with van der Waals surface area (Å²) < 4.78 is 0. The topological polar surface area (TPSA) is 26.0 Å². The molecule has 2 N–H and O–H groups in total. The maximum absolute atomic E-state index is 6.02. The fraction of sp³-hybridized carbons (Fsp3) is 0.538. The molecule has 2 heteroatoms. The number of nitrogens with two attached hydrogens (primary N) is 1. The Bertz CT molecular complexity index is 329. The van der Waals surface area contributed by atoms with Gasteiger partial charge in [-0.15, -0.1) is 11.8 Å². The van der Waals surface area contributed by atoms with Crippen molar-refractivity contribution >= 4 is 17.4 Å². The zero-order chi connectivity index (χ0) is 10.7. The van der Waals surface area contributed by atoms with E-state index in [2.05, 4.69) is 25.1 Å². The minimum absolute atomic E-state index is 0.795. The highest BCUT2D eigenvalue weighted by molar-refractivity contribution is 8.00. The zero-order valence-corrected chi connectivity index (χ0v) is 10.1. The highest BCUT2D eigenvalue weighted by Gasteiger charge is 2.15. The predicted octanol–water partition coefficient (Wildman–Crippen LogP) is 4.00. The molecule has 0 aromatic heterocycles. The molecule has 82 valence electrons. The summed E-state index contributed by atoms with van der Waals surface area (Å²) >= 11 is 1.97. The summed E-state index contributed by atoms with van der Waals surface area (Å²) in [5.41, 5.74) is 8.22. The lowest BCUT2D eigenvalue weighted by Crippen LogP contribution is -2.08. The van der Waals surface area contributed by atoms with E-state index in [1.54, 1.807) is 0 Å². The van der Waals surface area contributed by atoms with Crippen LogP contribution >= 0.6 is 11.8 Å². The van der Waals surface area contributed by atoms with E-state index in [0.717, 1.165) is 10.9 Å². The second kappa shape index (κ2) is 4.93. The van der Waals surface area contributed by atoms with E-state index in [-0.39, 0.29) is 0 Å². The van der Waals surface area contributed by atoms with Crippen molar-refractivity contribution in [1.82, 2.24) is 0 Å². The van der Waals surface area contributed by atoms with Crippen molar-refractivity contribution in [1.29, 1.82) is 0 Å². The monoisotopic (exact) mass is 221 g/mol. The molecule has 1 aromatic carbocycles. The van der Waals surface area contributed by atoms with Crippen LogP contribution in [-0.2, 0) is 0 Å². The molecular formula is C13H19NS. The minimum atomic E-state index is 0.795. The first-order chi connectivity index (χ1) is 7.25. The normalized spacial score (nSPS) is 17.9. The van der Waals surface area contributed by atoms with Crippen molar-refractivity contribution in [3.63, 3.8) is 0 Å². The summed E-state index contributed by atoms with van der Waals surface area (Å²) in [5.74, 6) is 0. The van der Waals surface area contributed by atoms with Gasteiger partial charge >= 0.3 is 0 Å². The standard InChI is InChI=1S/C13H19NS/c1-10-7-8-13(12(14)9-10)15-11-5-3-2-4-6-11/h7-9,11H,2-6,14H2,1H3. The third-order valence-corrected chi connectivity index (χ3v) is 4.44. The molecule has 0 saturated heterocycles. The van der Waals surface area contributed by atoms with Crippen molar-refractivity contribution in [2.45, 2.75) is 49.2 Å². The Kier molecular flexibility index (Phi) is 3.57. The average Bonchev–Trinajstić information content (AvgIpc) is 2.24. The molecule has 15 heavy (non-hydrogen) atoms. The lowest BCUT2D eigenvalue weighted by molar-refractivity contribution is 0.516. The van der Waals surface area contributed by atoms with E-state index < -0.39 is 0 Å². The van der Waals surface area contributed by atoms with Crippen LogP contribution < -0.4 is 5.73 Å². The fourth-order valence-corrected chi connectivity index (χ4v) is 3.41. The van der Waals surface area contributed by atoms with Gasteiger partial charge in [-0.05, 0) is 37.5 Å². The molecule has 0 bridgehead atoms. The highest BCUT2D eigenvalue weighted by Crippen LogP contribution is 2.36. The Hall–Kier alpha value is -0.630. The molecule has 0 heterocycles. The Morgan fingerprint density at radius 2 is 1.93 bits per heavy atom. The minimum Gasteiger partial charge on any atom is -0.398 e. The first-order valence-corrected chi connectivity index (χ1v) is 6.66. The number of nitrogen functional groups attached to an aromatic ring is 1. The molecular weight excluding hydrogens is 202 g/mol. The molecule has 1 saturated carbocycles. The Balaban J connectivity index is 2.03. The van der Waals surface area contributed by atoms with Crippen LogP contribution in [0.1, 0.15) is 37.7 Å². The van der Waals surface area contributed by atoms with Gasteiger partial charge in [0.1, 0.15) is 0 Å². The van der Waals surface area contributed by atoms with Crippen molar-refractivity contribution in [2.75, 3.05) is 5.73 Å². The average molecular weight is 221 g/mol. The summed E-state index contributed by atoms with van der Waals surface area (Å²) in [7, 11) is 0. The molecule has 2 rings (SSSR count). The van der Waals surface area contributed by atoms with Gasteiger partial charge in [0.05, 0.1) is 0 Å². The Labute approximate surface area is 96.4 Å².